The molecule has 2 aromatic heterocycles. The van der Waals surface area contributed by atoms with Crippen LogP contribution in [0.15, 0.2) is 64.3 Å². The average molecular weight is 374 g/mol. The molecule has 0 bridgehead atoms. The third-order valence-electron chi connectivity index (χ3n) is 3.51. The topological polar surface area (TPSA) is 59.2 Å². The molecule has 0 atom stereocenters. The SMILES string of the molecule is CN(Cc1cc(-c2cccnc2)no1)C(=O)CSc1ccc(Cl)cc1. The number of amides is 1. The molecular weight excluding hydrogens is 358 g/mol. The summed E-state index contributed by atoms with van der Waals surface area (Å²) in [5, 5.41) is 4.71. The van der Waals surface area contributed by atoms with Crippen LogP contribution in [-0.4, -0.2) is 33.7 Å². The summed E-state index contributed by atoms with van der Waals surface area (Å²) in [6, 6.07) is 13.0. The fraction of sp³-hybridized carbons (Fsp3) is 0.167. The molecule has 0 radical (unpaired) electrons. The second kappa shape index (κ2) is 8.18. The van der Waals surface area contributed by atoms with Gasteiger partial charge in [-0.25, -0.2) is 0 Å². The predicted molar refractivity (Wildman–Crippen MR) is 98.4 cm³/mol. The van der Waals surface area contributed by atoms with Crippen molar-refractivity contribution in [1.82, 2.24) is 15.0 Å². The van der Waals surface area contributed by atoms with E-state index in [1.807, 2.05) is 42.5 Å². The molecule has 1 aromatic carbocycles. The lowest BCUT2D eigenvalue weighted by atomic mass is 10.2. The van der Waals surface area contributed by atoms with Gasteiger partial charge in [-0.3, -0.25) is 9.78 Å². The van der Waals surface area contributed by atoms with Crippen molar-refractivity contribution >= 4 is 29.3 Å². The molecule has 0 saturated carbocycles. The van der Waals surface area contributed by atoms with Gasteiger partial charge in [-0.1, -0.05) is 16.8 Å². The highest BCUT2D eigenvalue weighted by molar-refractivity contribution is 8.00. The maximum atomic E-state index is 12.3. The Morgan fingerprint density at radius 3 is 2.80 bits per heavy atom. The van der Waals surface area contributed by atoms with Crippen molar-refractivity contribution in [2.24, 2.45) is 0 Å². The first kappa shape index (κ1) is 17.5. The zero-order valence-electron chi connectivity index (χ0n) is 13.6. The summed E-state index contributed by atoms with van der Waals surface area (Å²) in [5.41, 5.74) is 1.59. The van der Waals surface area contributed by atoms with E-state index < -0.39 is 0 Å². The first-order valence-corrected chi connectivity index (χ1v) is 8.96. The highest BCUT2D eigenvalue weighted by Crippen LogP contribution is 2.21. The minimum atomic E-state index is 0.0132. The molecule has 0 unspecified atom stereocenters. The fourth-order valence-corrected chi connectivity index (χ4v) is 3.11. The summed E-state index contributed by atoms with van der Waals surface area (Å²) in [6.07, 6.45) is 3.43. The molecule has 128 valence electrons. The zero-order valence-corrected chi connectivity index (χ0v) is 15.1. The van der Waals surface area contributed by atoms with E-state index in [4.69, 9.17) is 16.1 Å². The van der Waals surface area contributed by atoms with Crippen LogP contribution in [0, 0.1) is 0 Å². The minimum absolute atomic E-state index is 0.0132. The van der Waals surface area contributed by atoms with E-state index in [0.29, 0.717) is 28.8 Å². The first-order valence-electron chi connectivity index (χ1n) is 7.60. The fourth-order valence-electron chi connectivity index (χ4n) is 2.15. The van der Waals surface area contributed by atoms with E-state index in [9.17, 15) is 4.79 Å². The number of rotatable bonds is 6. The average Bonchev–Trinajstić information content (AvgIpc) is 3.10. The van der Waals surface area contributed by atoms with Gasteiger partial charge in [0.1, 0.15) is 5.69 Å². The standard InChI is InChI=1S/C18H16ClN3O2S/c1-22(18(23)12-25-16-6-4-14(19)5-7-16)11-15-9-17(21-24-15)13-3-2-8-20-10-13/h2-10H,11-12H2,1H3. The Morgan fingerprint density at radius 2 is 2.08 bits per heavy atom. The van der Waals surface area contributed by atoms with Crippen molar-refractivity contribution in [3.8, 4) is 11.3 Å². The van der Waals surface area contributed by atoms with Gasteiger partial charge >= 0.3 is 0 Å². The second-order valence-corrected chi connectivity index (χ2v) is 6.90. The quantitative estimate of drug-likeness (QED) is 0.608. The van der Waals surface area contributed by atoms with Crippen LogP contribution in [0.1, 0.15) is 5.76 Å². The number of halogens is 1. The molecule has 0 fully saturated rings. The molecule has 5 nitrogen and oxygen atoms in total. The molecule has 0 spiro atoms. The number of hydrogen-bond donors (Lipinski definition) is 0. The number of pyridine rings is 1. The third-order valence-corrected chi connectivity index (χ3v) is 4.76. The molecule has 0 saturated heterocycles. The first-order chi connectivity index (χ1) is 12.1. The Labute approximate surface area is 155 Å². The van der Waals surface area contributed by atoms with Crippen molar-refractivity contribution in [3.05, 3.63) is 65.6 Å². The van der Waals surface area contributed by atoms with E-state index in [1.54, 1.807) is 24.3 Å². The Hall–Kier alpha value is -2.31. The number of carbonyl (C=O) groups excluding carboxylic acids is 1. The van der Waals surface area contributed by atoms with Crippen LogP contribution in [0.25, 0.3) is 11.3 Å². The van der Waals surface area contributed by atoms with Crippen LogP contribution >= 0.6 is 23.4 Å². The van der Waals surface area contributed by atoms with Crippen molar-refractivity contribution < 1.29 is 9.32 Å². The highest BCUT2D eigenvalue weighted by Gasteiger charge is 2.14. The van der Waals surface area contributed by atoms with Crippen LogP contribution in [0.2, 0.25) is 5.02 Å². The number of nitrogens with zero attached hydrogens (tertiary/aromatic N) is 3. The molecule has 0 N–H and O–H groups in total. The van der Waals surface area contributed by atoms with E-state index in [-0.39, 0.29) is 5.91 Å². The summed E-state index contributed by atoms with van der Waals surface area (Å²) in [7, 11) is 1.75. The monoisotopic (exact) mass is 373 g/mol. The highest BCUT2D eigenvalue weighted by atomic mass is 35.5. The van der Waals surface area contributed by atoms with E-state index >= 15 is 0 Å². The minimum Gasteiger partial charge on any atom is -0.359 e. The van der Waals surface area contributed by atoms with Gasteiger partial charge in [0.2, 0.25) is 5.91 Å². The van der Waals surface area contributed by atoms with Crippen LogP contribution < -0.4 is 0 Å². The molecule has 1 amide bonds. The molecule has 3 rings (SSSR count). The van der Waals surface area contributed by atoms with Crippen molar-refractivity contribution in [2.45, 2.75) is 11.4 Å². The molecule has 0 aliphatic rings. The number of aromatic nitrogens is 2. The van der Waals surface area contributed by atoms with Crippen LogP contribution in [0.5, 0.6) is 0 Å². The van der Waals surface area contributed by atoms with Crippen LogP contribution in [0.3, 0.4) is 0 Å². The van der Waals surface area contributed by atoms with Crippen molar-refractivity contribution in [2.75, 3.05) is 12.8 Å². The lowest BCUT2D eigenvalue weighted by Gasteiger charge is -2.14. The van der Waals surface area contributed by atoms with Crippen LogP contribution in [0.4, 0.5) is 0 Å². The van der Waals surface area contributed by atoms with Gasteiger partial charge < -0.3 is 9.42 Å². The van der Waals surface area contributed by atoms with Gasteiger partial charge in [-0.05, 0) is 36.4 Å². The number of thioether (sulfide) groups is 1. The van der Waals surface area contributed by atoms with Gasteiger partial charge in [0.15, 0.2) is 5.76 Å². The van der Waals surface area contributed by atoms with Gasteiger partial charge in [-0.2, -0.15) is 0 Å². The van der Waals surface area contributed by atoms with Gasteiger partial charge in [-0.15, -0.1) is 11.8 Å². The second-order valence-electron chi connectivity index (χ2n) is 5.41. The summed E-state index contributed by atoms with van der Waals surface area (Å²) in [4.78, 5) is 19.0. The van der Waals surface area contributed by atoms with Gasteiger partial charge in [0.25, 0.3) is 0 Å². The van der Waals surface area contributed by atoms with Crippen molar-refractivity contribution in [3.63, 3.8) is 0 Å². The molecule has 3 aromatic rings. The molecule has 2 heterocycles. The Kier molecular flexibility index (Phi) is 5.73. The largest absolute Gasteiger partial charge is 0.359 e. The van der Waals surface area contributed by atoms with Crippen molar-refractivity contribution in [1.29, 1.82) is 0 Å². The smallest absolute Gasteiger partial charge is 0.233 e. The number of benzene rings is 1. The summed E-state index contributed by atoms with van der Waals surface area (Å²) >= 11 is 7.33. The van der Waals surface area contributed by atoms with Crippen LogP contribution in [-0.2, 0) is 11.3 Å². The normalized spacial score (nSPS) is 10.6. The molecule has 25 heavy (non-hydrogen) atoms. The maximum Gasteiger partial charge on any atom is 0.233 e. The Balaban J connectivity index is 1.54. The molecule has 7 heteroatoms. The number of hydrogen-bond acceptors (Lipinski definition) is 5. The summed E-state index contributed by atoms with van der Waals surface area (Å²) in [6.45, 7) is 0.368. The Bertz CT molecular complexity index is 837. The van der Waals surface area contributed by atoms with E-state index in [1.165, 1.54) is 11.8 Å². The van der Waals surface area contributed by atoms with E-state index in [2.05, 4.69) is 10.1 Å². The summed E-state index contributed by atoms with van der Waals surface area (Å²) < 4.78 is 5.32. The third kappa shape index (κ3) is 4.84. The van der Waals surface area contributed by atoms with Gasteiger partial charge in [0, 0.05) is 41.0 Å². The Morgan fingerprint density at radius 1 is 1.28 bits per heavy atom. The maximum absolute atomic E-state index is 12.3. The lowest BCUT2D eigenvalue weighted by molar-refractivity contribution is -0.127. The molecule has 0 aliphatic heterocycles. The zero-order chi connectivity index (χ0) is 17.6. The lowest BCUT2D eigenvalue weighted by Crippen LogP contribution is -2.27. The molecular formula is C18H16ClN3O2S. The number of carbonyl (C=O) groups is 1. The van der Waals surface area contributed by atoms with Gasteiger partial charge in [0.05, 0.1) is 12.3 Å². The summed E-state index contributed by atoms with van der Waals surface area (Å²) in [5.74, 6) is 0.993. The van der Waals surface area contributed by atoms with E-state index in [0.717, 1.165) is 10.5 Å². The molecule has 0 aliphatic carbocycles. The predicted octanol–water partition coefficient (Wildman–Crippen LogP) is 4.14.